The number of carbonyl (C=O) groups excluding carboxylic acids is 3. The molecule has 3 unspecified atom stereocenters. The van der Waals surface area contributed by atoms with Crippen LogP contribution in [-0.4, -0.2) is 46.8 Å². The molecular formula is C33H37N3O3. The predicted octanol–water partition coefficient (Wildman–Crippen LogP) is 4.23. The van der Waals surface area contributed by atoms with Crippen LogP contribution in [0, 0.1) is 0 Å². The average Bonchev–Trinajstić information content (AvgIpc) is 2.96. The Balaban J connectivity index is 1.51. The molecule has 2 aliphatic rings. The van der Waals surface area contributed by atoms with Crippen molar-refractivity contribution in [1.29, 1.82) is 0 Å². The molecule has 1 aliphatic carbocycles. The molecule has 1 aliphatic heterocycles. The van der Waals surface area contributed by atoms with Crippen molar-refractivity contribution >= 4 is 17.7 Å². The molecule has 3 aromatic rings. The van der Waals surface area contributed by atoms with Crippen LogP contribution in [-0.2, 0) is 33.6 Å². The van der Waals surface area contributed by atoms with Gasteiger partial charge in [0.1, 0.15) is 12.1 Å². The van der Waals surface area contributed by atoms with E-state index in [1.165, 1.54) is 6.42 Å². The molecule has 2 fully saturated rings. The summed E-state index contributed by atoms with van der Waals surface area (Å²) in [7, 11) is 0. The van der Waals surface area contributed by atoms with Gasteiger partial charge in [-0.1, -0.05) is 110 Å². The maximum atomic E-state index is 14.1. The van der Waals surface area contributed by atoms with Gasteiger partial charge in [0.25, 0.3) is 0 Å². The standard InChI is InChI=1S/C33H37N3O3/c37-30(23-26-17-9-3-10-18-26)36-29(22-25-15-7-2-8-16-25)32(38)35-28(21-24-13-5-1-6-14-24)31(36)33(39)34-27-19-11-4-12-20-27/h1-3,5-10,13-18,27-29,31H,4,11-12,19-23H2,(H,34,39)(H,35,38). The van der Waals surface area contributed by atoms with E-state index in [2.05, 4.69) is 10.6 Å². The zero-order chi connectivity index (χ0) is 27.0. The fraction of sp³-hybridized carbons (Fsp3) is 0.364. The van der Waals surface area contributed by atoms with Gasteiger partial charge >= 0.3 is 0 Å². The summed E-state index contributed by atoms with van der Waals surface area (Å²) in [6.45, 7) is 0. The number of amides is 3. The second-order valence-electron chi connectivity index (χ2n) is 10.8. The highest BCUT2D eigenvalue weighted by Gasteiger charge is 2.48. The van der Waals surface area contributed by atoms with Gasteiger partial charge in [-0.05, 0) is 36.0 Å². The lowest BCUT2D eigenvalue weighted by Gasteiger charge is -2.46. The van der Waals surface area contributed by atoms with Gasteiger partial charge in [-0.3, -0.25) is 14.4 Å². The quantitative estimate of drug-likeness (QED) is 0.464. The minimum atomic E-state index is -0.810. The molecule has 5 rings (SSSR count). The van der Waals surface area contributed by atoms with Crippen LogP contribution in [0.5, 0.6) is 0 Å². The number of hydrogen-bond acceptors (Lipinski definition) is 3. The second-order valence-corrected chi connectivity index (χ2v) is 10.8. The first-order chi connectivity index (χ1) is 19.1. The number of piperazine rings is 1. The minimum Gasteiger partial charge on any atom is -0.352 e. The van der Waals surface area contributed by atoms with E-state index >= 15 is 0 Å². The number of carbonyl (C=O) groups is 3. The Bertz CT molecular complexity index is 1240. The summed E-state index contributed by atoms with van der Waals surface area (Å²) in [6, 6.07) is 27.1. The molecule has 1 saturated heterocycles. The third-order valence-electron chi connectivity index (χ3n) is 7.92. The normalized spacial score (nSPS) is 21.7. The van der Waals surface area contributed by atoms with Gasteiger partial charge < -0.3 is 15.5 Å². The van der Waals surface area contributed by atoms with Gasteiger partial charge in [-0.15, -0.1) is 0 Å². The van der Waals surface area contributed by atoms with Crippen LogP contribution in [0.3, 0.4) is 0 Å². The van der Waals surface area contributed by atoms with E-state index in [1.54, 1.807) is 4.90 Å². The summed E-state index contributed by atoms with van der Waals surface area (Å²) in [6.07, 6.45) is 6.19. The Labute approximate surface area is 230 Å². The van der Waals surface area contributed by atoms with E-state index in [0.717, 1.165) is 42.4 Å². The smallest absolute Gasteiger partial charge is 0.245 e. The number of nitrogens with one attached hydrogen (secondary N) is 2. The van der Waals surface area contributed by atoms with Crippen LogP contribution in [0.25, 0.3) is 0 Å². The monoisotopic (exact) mass is 523 g/mol. The first-order valence-corrected chi connectivity index (χ1v) is 14.1. The molecule has 1 saturated carbocycles. The Hall–Kier alpha value is -3.93. The Morgan fingerprint density at radius 3 is 1.87 bits per heavy atom. The lowest BCUT2D eigenvalue weighted by atomic mass is 9.89. The van der Waals surface area contributed by atoms with Crippen LogP contribution in [0.4, 0.5) is 0 Å². The van der Waals surface area contributed by atoms with Crippen molar-refractivity contribution in [2.45, 2.75) is 75.5 Å². The topological polar surface area (TPSA) is 78.5 Å². The number of rotatable bonds is 8. The van der Waals surface area contributed by atoms with Gasteiger partial charge in [-0.25, -0.2) is 0 Å². The third-order valence-corrected chi connectivity index (χ3v) is 7.92. The second kappa shape index (κ2) is 12.7. The molecule has 3 atom stereocenters. The van der Waals surface area contributed by atoms with Crippen molar-refractivity contribution in [2.24, 2.45) is 0 Å². The molecular weight excluding hydrogens is 486 g/mol. The molecule has 0 spiro atoms. The lowest BCUT2D eigenvalue weighted by Crippen LogP contribution is -2.72. The molecule has 0 radical (unpaired) electrons. The molecule has 2 N–H and O–H groups in total. The molecule has 0 bridgehead atoms. The van der Waals surface area contributed by atoms with Gasteiger partial charge in [0, 0.05) is 12.5 Å². The minimum absolute atomic E-state index is 0.0971. The number of nitrogens with zero attached hydrogens (tertiary/aromatic N) is 1. The maximum absolute atomic E-state index is 14.1. The summed E-state index contributed by atoms with van der Waals surface area (Å²) in [5.74, 6) is -0.607. The van der Waals surface area contributed by atoms with Crippen molar-refractivity contribution in [1.82, 2.24) is 15.5 Å². The fourth-order valence-corrected chi connectivity index (χ4v) is 5.96. The summed E-state index contributed by atoms with van der Waals surface area (Å²) < 4.78 is 0. The Morgan fingerprint density at radius 1 is 0.744 bits per heavy atom. The van der Waals surface area contributed by atoms with Crippen molar-refractivity contribution in [3.05, 3.63) is 108 Å². The van der Waals surface area contributed by atoms with Crippen molar-refractivity contribution < 1.29 is 14.4 Å². The van der Waals surface area contributed by atoms with E-state index in [-0.39, 0.29) is 30.2 Å². The van der Waals surface area contributed by atoms with E-state index in [0.29, 0.717) is 12.8 Å². The molecule has 1 heterocycles. The number of hydrogen-bond donors (Lipinski definition) is 2. The van der Waals surface area contributed by atoms with Crippen LogP contribution >= 0.6 is 0 Å². The van der Waals surface area contributed by atoms with Gasteiger partial charge in [0.05, 0.1) is 12.5 Å². The van der Waals surface area contributed by atoms with Crippen molar-refractivity contribution in [3.8, 4) is 0 Å². The average molecular weight is 524 g/mol. The van der Waals surface area contributed by atoms with Crippen LogP contribution in [0.15, 0.2) is 91.0 Å². The van der Waals surface area contributed by atoms with Crippen molar-refractivity contribution in [2.75, 3.05) is 0 Å². The third kappa shape index (κ3) is 6.75. The van der Waals surface area contributed by atoms with E-state index < -0.39 is 18.1 Å². The summed E-state index contributed by atoms with van der Waals surface area (Å²) in [5.41, 5.74) is 2.82. The van der Waals surface area contributed by atoms with Crippen LogP contribution in [0.1, 0.15) is 48.8 Å². The molecule has 202 valence electrons. The molecule has 0 aromatic heterocycles. The summed E-state index contributed by atoms with van der Waals surface area (Å²) in [5, 5.41) is 6.43. The zero-order valence-electron chi connectivity index (χ0n) is 22.3. The first-order valence-electron chi connectivity index (χ1n) is 14.1. The van der Waals surface area contributed by atoms with Gasteiger partial charge in [0.2, 0.25) is 17.7 Å². The van der Waals surface area contributed by atoms with Gasteiger partial charge in [0.15, 0.2) is 0 Å². The molecule has 39 heavy (non-hydrogen) atoms. The predicted molar refractivity (Wildman–Crippen MR) is 152 cm³/mol. The van der Waals surface area contributed by atoms with E-state index in [4.69, 9.17) is 0 Å². The lowest BCUT2D eigenvalue weighted by molar-refractivity contribution is -0.154. The van der Waals surface area contributed by atoms with E-state index in [9.17, 15) is 14.4 Å². The largest absolute Gasteiger partial charge is 0.352 e. The molecule has 6 nitrogen and oxygen atoms in total. The Morgan fingerprint density at radius 2 is 1.28 bits per heavy atom. The van der Waals surface area contributed by atoms with Crippen LogP contribution < -0.4 is 10.6 Å². The molecule has 3 amide bonds. The zero-order valence-corrected chi connectivity index (χ0v) is 22.3. The highest BCUT2D eigenvalue weighted by atomic mass is 16.2. The highest BCUT2D eigenvalue weighted by Crippen LogP contribution is 2.25. The SMILES string of the molecule is O=C1NC(Cc2ccccc2)C(C(=O)NC2CCCCC2)N(C(=O)Cc2ccccc2)C1Cc1ccccc1. The number of benzene rings is 3. The van der Waals surface area contributed by atoms with Crippen molar-refractivity contribution in [3.63, 3.8) is 0 Å². The van der Waals surface area contributed by atoms with Gasteiger partial charge in [-0.2, -0.15) is 0 Å². The molecule has 3 aromatic carbocycles. The van der Waals surface area contributed by atoms with E-state index in [1.807, 2.05) is 91.0 Å². The first kappa shape index (κ1) is 26.7. The fourth-order valence-electron chi connectivity index (χ4n) is 5.96. The summed E-state index contributed by atoms with van der Waals surface area (Å²) in [4.78, 5) is 43.5. The summed E-state index contributed by atoms with van der Waals surface area (Å²) >= 11 is 0. The molecule has 6 heteroatoms. The highest BCUT2D eigenvalue weighted by molar-refractivity contribution is 5.96. The maximum Gasteiger partial charge on any atom is 0.245 e. The van der Waals surface area contributed by atoms with Crippen LogP contribution in [0.2, 0.25) is 0 Å². The Kier molecular flexibility index (Phi) is 8.71.